The van der Waals surface area contributed by atoms with Crippen LogP contribution in [0.15, 0.2) is 24.3 Å². The van der Waals surface area contributed by atoms with E-state index in [-0.39, 0.29) is 30.8 Å². The second-order valence-electron chi connectivity index (χ2n) is 5.22. The third-order valence-electron chi connectivity index (χ3n) is 3.43. The van der Waals surface area contributed by atoms with Crippen molar-refractivity contribution in [3.63, 3.8) is 0 Å². The number of benzene rings is 1. The standard InChI is InChI=1S/C15H18N2O4/c1-10(6-7-14(19)20)16-13(18)9-17-8-11-4-2-3-5-12(11)15(17)21/h2-5,10H,6-9H2,1H3,(H,16,18)(H,19,20). The molecule has 2 rings (SSSR count). The van der Waals surface area contributed by atoms with Crippen molar-refractivity contribution in [1.82, 2.24) is 10.2 Å². The van der Waals surface area contributed by atoms with Crippen molar-refractivity contribution >= 4 is 17.8 Å². The first-order valence-electron chi connectivity index (χ1n) is 6.85. The first-order chi connectivity index (χ1) is 9.97. The molecule has 112 valence electrons. The van der Waals surface area contributed by atoms with Gasteiger partial charge in [-0.3, -0.25) is 14.4 Å². The zero-order valence-electron chi connectivity index (χ0n) is 11.8. The summed E-state index contributed by atoms with van der Waals surface area (Å²) in [6.45, 7) is 2.18. The zero-order chi connectivity index (χ0) is 15.4. The van der Waals surface area contributed by atoms with Gasteiger partial charge in [-0.05, 0) is 25.0 Å². The van der Waals surface area contributed by atoms with Crippen molar-refractivity contribution in [3.8, 4) is 0 Å². The number of carbonyl (C=O) groups excluding carboxylic acids is 2. The van der Waals surface area contributed by atoms with Crippen molar-refractivity contribution in [2.24, 2.45) is 0 Å². The maximum atomic E-state index is 12.1. The normalized spacial score (nSPS) is 14.7. The van der Waals surface area contributed by atoms with Crippen LogP contribution in [-0.4, -0.2) is 40.4 Å². The van der Waals surface area contributed by atoms with Crippen LogP contribution in [-0.2, 0) is 16.1 Å². The molecule has 0 aliphatic carbocycles. The summed E-state index contributed by atoms with van der Waals surface area (Å²) in [4.78, 5) is 36.0. The number of rotatable bonds is 6. The molecule has 0 fully saturated rings. The molecule has 0 aromatic heterocycles. The van der Waals surface area contributed by atoms with E-state index in [2.05, 4.69) is 5.32 Å². The van der Waals surface area contributed by atoms with Crippen LogP contribution in [0.3, 0.4) is 0 Å². The summed E-state index contributed by atoms with van der Waals surface area (Å²) < 4.78 is 0. The molecule has 2 N–H and O–H groups in total. The number of aliphatic carboxylic acids is 1. The van der Waals surface area contributed by atoms with Crippen molar-refractivity contribution in [3.05, 3.63) is 35.4 Å². The molecular formula is C15H18N2O4. The molecule has 1 aromatic carbocycles. The van der Waals surface area contributed by atoms with Gasteiger partial charge in [0.1, 0.15) is 6.54 Å². The van der Waals surface area contributed by atoms with Gasteiger partial charge in [0.2, 0.25) is 5.91 Å². The topological polar surface area (TPSA) is 86.7 Å². The number of carbonyl (C=O) groups is 3. The Bertz CT molecular complexity index is 571. The van der Waals surface area contributed by atoms with Crippen LogP contribution in [0, 0.1) is 0 Å². The van der Waals surface area contributed by atoms with E-state index < -0.39 is 5.97 Å². The molecule has 0 radical (unpaired) electrons. The van der Waals surface area contributed by atoms with Crippen LogP contribution in [0.4, 0.5) is 0 Å². The fourth-order valence-corrected chi connectivity index (χ4v) is 2.35. The number of carboxylic acid groups (broad SMARTS) is 1. The molecule has 1 unspecified atom stereocenters. The lowest BCUT2D eigenvalue weighted by atomic mass is 10.1. The Labute approximate surface area is 122 Å². The van der Waals surface area contributed by atoms with Crippen molar-refractivity contribution in [2.45, 2.75) is 32.4 Å². The molecule has 1 aromatic rings. The van der Waals surface area contributed by atoms with Crippen LogP contribution in [0.25, 0.3) is 0 Å². The molecular weight excluding hydrogens is 272 g/mol. The van der Waals surface area contributed by atoms with Gasteiger partial charge in [0.05, 0.1) is 0 Å². The number of amides is 2. The Balaban J connectivity index is 1.85. The summed E-state index contributed by atoms with van der Waals surface area (Å²) >= 11 is 0. The predicted molar refractivity (Wildman–Crippen MR) is 75.7 cm³/mol. The molecule has 1 heterocycles. The smallest absolute Gasteiger partial charge is 0.303 e. The highest BCUT2D eigenvalue weighted by Gasteiger charge is 2.28. The van der Waals surface area contributed by atoms with E-state index in [0.717, 1.165) is 5.56 Å². The van der Waals surface area contributed by atoms with E-state index in [1.54, 1.807) is 19.1 Å². The molecule has 0 saturated carbocycles. The molecule has 1 aliphatic heterocycles. The van der Waals surface area contributed by atoms with Gasteiger partial charge in [-0.25, -0.2) is 0 Å². The monoisotopic (exact) mass is 290 g/mol. The van der Waals surface area contributed by atoms with E-state index in [1.807, 2.05) is 12.1 Å². The van der Waals surface area contributed by atoms with Crippen LogP contribution in [0.1, 0.15) is 35.7 Å². The minimum Gasteiger partial charge on any atom is -0.481 e. The largest absolute Gasteiger partial charge is 0.481 e. The highest BCUT2D eigenvalue weighted by molar-refractivity contribution is 6.00. The second kappa shape index (κ2) is 6.39. The Morgan fingerprint density at radius 1 is 1.38 bits per heavy atom. The molecule has 0 spiro atoms. The van der Waals surface area contributed by atoms with Gasteiger partial charge in [-0.2, -0.15) is 0 Å². The van der Waals surface area contributed by atoms with Gasteiger partial charge in [0.25, 0.3) is 5.91 Å². The molecule has 1 atom stereocenters. The molecule has 0 bridgehead atoms. The van der Waals surface area contributed by atoms with E-state index >= 15 is 0 Å². The van der Waals surface area contributed by atoms with E-state index in [1.165, 1.54) is 4.90 Å². The average molecular weight is 290 g/mol. The minimum absolute atomic E-state index is 0.00900. The fraction of sp³-hybridized carbons (Fsp3) is 0.400. The third-order valence-corrected chi connectivity index (χ3v) is 3.43. The number of carboxylic acids is 1. The summed E-state index contributed by atoms with van der Waals surface area (Å²) in [5.74, 6) is -1.30. The van der Waals surface area contributed by atoms with E-state index in [4.69, 9.17) is 5.11 Å². The fourth-order valence-electron chi connectivity index (χ4n) is 2.35. The average Bonchev–Trinajstić information content (AvgIpc) is 2.73. The first kappa shape index (κ1) is 15.0. The Morgan fingerprint density at radius 3 is 2.76 bits per heavy atom. The Morgan fingerprint density at radius 2 is 2.10 bits per heavy atom. The highest BCUT2D eigenvalue weighted by Crippen LogP contribution is 2.21. The van der Waals surface area contributed by atoms with Crippen molar-refractivity contribution in [2.75, 3.05) is 6.54 Å². The lowest BCUT2D eigenvalue weighted by molar-refractivity contribution is -0.137. The van der Waals surface area contributed by atoms with Crippen LogP contribution >= 0.6 is 0 Å². The number of nitrogens with one attached hydrogen (secondary N) is 1. The summed E-state index contributed by atoms with van der Waals surface area (Å²) in [5.41, 5.74) is 1.57. The van der Waals surface area contributed by atoms with Crippen LogP contribution in [0.5, 0.6) is 0 Å². The highest BCUT2D eigenvalue weighted by atomic mass is 16.4. The maximum absolute atomic E-state index is 12.1. The van der Waals surface area contributed by atoms with Crippen molar-refractivity contribution in [1.29, 1.82) is 0 Å². The SMILES string of the molecule is CC(CCC(=O)O)NC(=O)CN1Cc2ccccc2C1=O. The second-order valence-corrected chi connectivity index (χ2v) is 5.22. The third kappa shape index (κ3) is 3.81. The molecule has 6 nitrogen and oxygen atoms in total. The lowest BCUT2D eigenvalue weighted by Gasteiger charge is -2.18. The van der Waals surface area contributed by atoms with Gasteiger partial charge in [0.15, 0.2) is 0 Å². The predicted octanol–water partition coefficient (Wildman–Crippen LogP) is 1.01. The number of nitrogens with zero attached hydrogens (tertiary/aromatic N) is 1. The summed E-state index contributed by atoms with van der Waals surface area (Å²) in [7, 11) is 0. The Hall–Kier alpha value is -2.37. The minimum atomic E-state index is -0.888. The molecule has 1 aliphatic rings. The molecule has 21 heavy (non-hydrogen) atoms. The van der Waals surface area contributed by atoms with Crippen molar-refractivity contribution < 1.29 is 19.5 Å². The molecule has 0 saturated heterocycles. The lowest BCUT2D eigenvalue weighted by Crippen LogP contribution is -2.41. The van der Waals surface area contributed by atoms with Gasteiger partial charge in [-0.15, -0.1) is 0 Å². The maximum Gasteiger partial charge on any atom is 0.303 e. The first-order valence-corrected chi connectivity index (χ1v) is 6.85. The van der Waals surface area contributed by atoms with Gasteiger partial charge < -0.3 is 15.3 Å². The summed E-state index contributed by atoms with van der Waals surface area (Å²) in [6.07, 6.45) is 0.380. The molecule has 2 amide bonds. The summed E-state index contributed by atoms with van der Waals surface area (Å²) in [5, 5.41) is 11.3. The van der Waals surface area contributed by atoms with Gasteiger partial charge in [-0.1, -0.05) is 18.2 Å². The van der Waals surface area contributed by atoms with E-state index in [0.29, 0.717) is 18.5 Å². The van der Waals surface area contributed by atoms with Gasteiger partial charge >= 0.3 is 5.97 Å². The number of hydrogen-bond acceptors (Lipinski definition) is 3. The molecule has 6 heteroatoms. The quantitative estimate of drug-likeness (QED) is 0.818. The van der Waals surface area contributed by atoms with Gasteiger partial charge in [0, 0.05) is 24.6 Å². The summed E-state index contributed by atoms with van der Waals surface area (Å²) in [6, 6.07) is 7.07. The van der Waals surface area contributed by atoms with Crippen LogP contribution in [0.2, 0.25) is 0 Å². The zero-order valence-corrected chi connectivity index (χ0v) is 11.8. The Kier molecular flexibility index (Phi) is 4.57. The number of fused-ring (bicyclic) bond motifs is 1. The van der Waals surface area contributed by atoms with E-state index in [9.17, 15) is 14.4 Å². The van der Waals surface area contributed by atoms with Crippen LogP contribution < -0.4 is 5.32 Å². The number of hydrogen-bond donors (Lipinski definition) is 2.